The monoisotopic (exact) mass is 1030 g/mol. The van der Waals surface area contributed by atoms with Crippen LogP contribution < -0.4 is 10.2 Å². The lowest BCUT2D eigenvalue weighted by atomic mass is 10.0. The first-order valence-electron chi connectivity index (χ1n) is 29.4. The van der Waals surface area contributed by atoms with Crippen LogP contribution in [0.2, 0.25) is 0 Å². The van der Waals surface area contributed by atoms with E-state index < -0.39 is 26.6 Å². The number of carbonyl (C=O) groups excluding carboxylic acids is 2. The molecule has 9 nitrogen and oxygen atoms in total. The van der Waals surface area contributed by atoms with E-state index in [-0.39, 0.29) is 31.3 Å². The Bertz CT molecular complexity index is 1510. The van der Waals surface area contributed by atoms with Crippen molar-refractivity contribution >= 4 is 19.7 Å². The van der Waals surface area contributed by atoms with Crippen LogP contribution in [0.3, 0.4) is 0 Å². The number of esters is 1. The number of amides is 1. The number of allylic oxidation sites excluding steroid dienone is 13. The Hall–Kier alpha value is -2.81. The summed E-state index contributed by atoms with van der Waals surface area (Å²) in [5.41, 5.74) is 0. The predicted octanol–water partition coefficient (Wildman–Crippen LogP) is 17.2. The van der Waals surface area contributed by atoms with Crippen molar-refractivity contribution in [3.63, 3.8) is 0 Å². The fraction of sp³-hybridized carbons (Fsp3) is 0.742. The van der Waals surface area contributed by atoms with Gasteiger partial charge in [-0.15, -0.1) is 0 Å². The summed E-state index contributed by atoms with van der Waals surface area (Å²) in [6, 6.07) is -0.910. The van der Waals surface area contributed by atoms with Crippen LogP contribution in [-0.2, 0) is 27.9 Å². The van der Waals surface area contributed by atoms with E-state index in [1.54, 1.807) is 0 Å². The van der Waals surface area contributed by atoms with Crippen LogP contribution in [0.5, 0.6) is 0 Å². The highest BCUT2D eigenvalue weighted by molar-refractivity contribution is 7.45. The highest BCUT2D eigenvalue weighted by atomic mass is 31.2. The Kier molecular flexibility index (Phi) is 49.6. The quantitative estimate of drug-likeness (QED) is 0.0212. The Balaban J connectivity index is 5.39. The number of unbranched alkanes of at least 4 members (excludes halogenated alkanes) is 24. The predicted molar refractivity (Wildman–Crippen MR) is 307 cm³/mol. The van der Waals surface area contributed by atoms with Crippen molar-refractivity contribution in [1.82, 2.24) is 5.32 Å². The Morgan fingerprint density at radius 2 is 0.889 bits per heavy atom. The van der Waals surface area contributed by atoms with Gasteiger partial charge in [0.1, 0.15) is 19.3 Å². The van der Waals surface area contributed by atoms with Crippen LogP contribution in [0.1, 0.15) is 245 Å². The summed E-state index contributed by atoms with van der Waals surface area (Å²) < 4.78 is 30.2. The summed E-state index contributed by atoms with van der Waals surface area (Å²) >= 11 is 0. The molecule has 1 amide bonds. The molecule has 0 rings (SSSR count). The normalized spacial score (nSPS) is 14.4. The maximum Gasteiger partial charge on any atom is 0.306 e. The van der Waals surface area contributed by atoms with E-state index in [4.69, 9.17) is 13.8 Å². The van der Waals surface area contributed by atoms with E-state index in [1.165, 1.54) is 103 Å². The molecule has 0 spiro atoms. The van der Waals surface area contributed by atoms with E-state index in [0.29, 0.717) is 17.4 Å². The number of phosphoric ester groups is 1. The molecule has 0 aromatic rings. The van der Waals surface area contributed by atoms with Crippen LogP contribution in [0.4, 0.5) is 0 Å². The Labute approximate surface area is 444 Å². The molecular weight excluding hydrogens is 916 g/mol. The summed E-state index contributed by atoms with van der Waals surface area (Å²) in [5, 5.41) is 3.00. The van der Waals surface area contributed by atoms with Crippen LogP contribution in [0.15, 0.2) is 85.1 Å². The minimum absolute atomic E-state index is 0.0330. The van der Waals surface area contributed by atoms with Gasteiger partial charge in [-0.3, -0.25) is 14.2 Å². The van der Waals surface area contributed by atoms with Crippen LogP contribution in [0.25, 0.3) is 0 Å². The highest BCUT2D eigenvalue weighted by Gasteiger charge is 2.27. The summed E-state index contributed by atoms with van der Waals surface area (Å²) in [6.07, 6.45) is 66.9. The molecule has 0 heterocycles. The largest absolute Gasteiger partial charge is 0.756 e. The van der Waals surface area contributed by atoms with Crippen molar-refractivity contribution in [2.24, 2.45) is 0 Å². The summed E-state index contributed by atoms with van der Waals surface area (Å²) in [5.74, 6) is -0.586. The average Bonchev–Trinajstić information content (AvgIpc) is 3.34. The second-order valence-electron chi connectivity index (χ2n) is 20.8. The van der Waals surface area contributed by atoms with E-state index in [1.807, 2.05) is 33.3 Å². The van der Waals surface area contributed by atoms with Gasteiger partial charge in [-0.25, -0.2) is 0 Å². The number of rotatable bonds is 52. The first kappa shape index (κ1) is 69.2. The number of quaternary nitrogens is 1. The van der Waals surface area contributed by atoms with E-state index in [0.717, 1.165) is 103 Å². The van der Waals surface area contributed by atoms with Crippen molar-refractivity contribution < 1.29 is 37.3 Å². The fourth-order valence-corrected chi connectivity index (χ4v) is 8.74. The summed E-state index contributed by atoms with van der Waals surface area (Å²) in [6.45, 7) is 6.68. The zero-order valence-corrected chi connectivity index (χ0v) is 48.3. The second kappa shape index (κ2) is 51.7. The zero-order chi connectivity index (χ0) is 52.9. The molecule has 416 valence electrons. The van der Waals surface area contributed by atoms with Gasteiger partial charge in [-0.1, -0.05) is 215 Å². The number of likely N-dealkylation sites (N-methyl/N-ethyl adjacent to an activating group) is 1. The molecule has 72 heavy (non-hydrogen) atoms. The van der Waals surface area contributed by atoms with Gasteiger partial charge < -0.3 is 28.5 Å². The SMILES string of the molecule is CC/C=C\C/C=C\C/C=C\C/C=C\C/C=C\CCCCCC(=O)NC(COP(=O)([O-])OCC[N+](C)(C)C)C(/C=C\CCCCCCCCCCCC)OC(=O)CCCCCCCCC/C=C\CCCCCC. The van der Waals surface area contributed by atoms with Gasteiger partial charge >= 0.3 is 5.97 Å². The molecule has 3 atom stereocenters. The minimum atomic E-state index is -4.71. The van der Waals surface area contributed by atoms with Gasteiger partial charge in [0, 0.05) is 12.8 Å². The number of hydrogen-bond acceptors (Lipinski definition) is 7. The number of phosphoric acid groups is 1. The molecule has 0 aromatic heterocycles. The molecule has 0 radical (unpaired) electrons. The molecule has 0 aliphatic carbocycles. The van der Waals surface area contributed by atoms with Crippen LogP contribution in [0, 0.1) is 0 Å². The smallest absolute Gasteiger partial charge is 0.306 e. The third-order valence-electron chi connectivity index (χ3n) is 12.6. The number of carbonyl (C=O) groups is 2. The van der Waals surface area contributed by atoms with E-state index in [2.05, 4.69) is 99.0 Å². The maximum atomic E-state index is 13.5. The van der Waals surface area contributed by atoms with Crippen LogP contribution in [-0.4, -0.2) is 69.4 Å². The summed E-state index contributed by atoms with van der Waals surface area (Å²) in [7, 11) is 1.15. The average molecular weight is 1030 g/mol. The Morgan fingerprint density at radius 3 is 1.38 bits per heavy atom. The number of hydrogen-bond donors (Lipinski definition) is 1. The van der Waals surface area contributed by atoms with E-state index in [9.17, 15) is 19.0 Å². The molecule has 10 heteroatoms. The van der Waals surface area contributed by atoms with Crippen molar-refractivity contribution in [2.45, 2.75) is 258 Å². The second-order valence-corrected chi connectivity index (χ2v) is 22.2. The minimum Gasteiger partial charge on any atom is -0.756 e. The lowest BCUT2D eigenvalue weighted by Crippen LogP contribution is -2.47. The highest BCUT2D eigenvalue weighted by Crippen LogP contribution is 2.38. The third kappa shape index (κ3) is 52.1. The molecule has 0 saturated heterocycles. The molecule has 0 aliphatic rings. The first-order valence-corrected chi connectivity index (χ1v) is 30.9. The van der Waals surface area contributed by atoms with Gasteiger partial charge in [0.2, 0.25) is 5.91 Å². The molecule has 1 N–H and O–H groups in total. The molecular formula is C62H111N2O7P. The molecule has 0 fully saturated rings. The number of nitrogens with one attached hydrogen (secondary N) is 1. The lowest BCUT2D eigenvalue weighted by molar-refractivity contribution is -0.870. The topological polar surface area (TPSA) is 114 Å². The lowest BCUT2D eigenvalue weighted by Gasteiger charge is -2.30. The Morgan fingerprint density at radius 1 is 0.500 bits per heavy atom. The standard InChI is InChI=1S/C62H111N2O7P/c1-7-10-13-16-19-22-25-28-30-31-32-33-35-36-39-42-45-48-51-54-61(65)63-59(58-70-72(67,68)69-57-56-64(4,5)6)60(53-50-47-44-41-38-27-24-21-18-15-12-9-3)71-62(66)55-52-49-46-43-40-37-34-29-26-23-20-17-14-11-8-2/h10,13,19,22-23,26,28,30,32-33,36,39,50,53,59-60H,7-9,11-12,14-18,20-21,24-25,27,29,31,34-35,37-38,40-49,51-52,54-58H2,1-6H3,(H-,63,65,67,68)/b13-10-,22-19-,26-23-,30-28-,33-32-,39-36-,53-50-. The first-order chi connectivity index (χ1) is 34.9. The van der Waals surface area contributed by atoms with Gasteiger partial charge in [-0.05, 0) is 102 Å². The van der Waals surface area contributed by atoms with E-state index >= 15 is 0 Å². The van der Waals surface area contributed by atoms with Gasteiger partial charge in [-0.2, -0.15) is 0 Å². The van der Waals surface area contributed by atoms with Crippen LogP contribution >= 0.6 is 7.82 Å². The fourth-order valence-electron chi connectivity index (χ4n) is 8.01. The van der Waals surface area contributed by atoms with Gasteiger partial charge in [0.15, 0.2) is 0 Å². The number of ether oxygens (including phenoxy) is 1. The molecule has 0 bridgehead atoms. The molecule has 3 unspecified atom stereocenters. The third-order valence-corrected chi connectivity index (χ3v) is 13.5. The van der Waals surface area contributed by atoms with Crippen molar-refractivity contribution in [2.75, 3.05) is 40.9 Å². The molecule has 0 aromatic carbocycles. The van der Waals surface area contributed by atoms with Crippen molar-refractivity contribution in [3.8, 4) is 0 Å². The molecule has 0 aliphatic heterocycles. The zero-order valence-electron chi connectivity index (χ0n) is 47.4. The molecule has 0 saturated carbocycles. The maximum absolute atomic E-state index is 13.5. The van der Waals surface area contributed by atoms with Crippen molar-refractivity contribution in [3.05, 3.63) is 85.1 Å². The number of nitrogens with zero attached hydrogens (tertiary/aromatic N) is 1. The van der Waals surface area contributed by atoms with Gasteiger partial charge in [0.05, 0.1) is 33.8 Å². The van der Waals surface area contributed by atoms with Crippen molar-refractivity contribution in [1.29, 1.82) is 0 Å². The van der Waals surface area contributed by atoms with Gasteiger partial charge in [0.25, 0.3) is 7.82 Å². The summed E-state index contributed by atoms with van der Waals surface area (Å²) in [4.78, 5) is 39.9.